The molecular weight excluding hydrogens is 290 g/mol. The van der Waals surface area contributed by atoms with E-state index in [1.165, 1.54) is 0 Å². The lowest BCUT2D eigenvalue weighted by Gasteiger charge is -2.27. The smallest absolute Gasteiger partial charge is 0.253 e. The first-order valence-corrected chi connectivity index (χ1v) is 8.54. The van der Waals surface area contributed by atoms with Crippen LogP contribution in [-0.2, 0) is 9.53 Å². The summed E-state index contributed by atoms with van der Waals surface area (Å²) in [7, 11) is 0. The molecule has 0 saturated heterocycles. The summed E-state index contributed by atoms with van der Waals surface area (Å²) in [6.07, 6.45) is 3.31. The lowest BCUT2D eigenvalue weighted by molar-refractivity contribution is -0.138. The molecule has 0 radical (unpaired) electrons. The van der Waals surface area contributed by atoms with Crippen molar-refractivity contribution in [3.05, 3.63) is 35.9 Å². The molecule has 1 aliphatic rings. The van der Waals surface area contributed by atoms with Gasteiger partial charge in [-0.2, -0.15) is 0 Å². The highest BCUT2D eigenvalue weighted by molar-refractivity contribution is 5.82. The van der Waals surface area contributed by atoms with E-state index in [2.05, 4.69) is 5.32 Å². The van der Waals surface area contributed by atoms with Crippen molar-refractivity contribution >= 4 is 5.91 Å². The van der Waals surface area contributed by atoms with Crippen molar-refractivity contribution in [2.75, 3.05) is 6.54 Å². The number of aliphatic hydroxyl groups excluding tert-OH is 1. The molecule has 1 aromatic rings. The quantitative estimate of drug-likeness (QED) is 0.846. The van der Waals surface area contributed by atoms with E-state index in [0.717, 1.165) is 31.2 Å². The standard InChI is InChI=1S/C19H29NO3/c1-19(2,3)16(21)13-20-18(22)17(14-9-5-4-6-10-14)23-15-11-7-8-12-15/h4-6,9-10,15-17,21H,7-8,11-13H2,1-3H3,(H,20,22). The molecule has 0 aromatic heterocycles. The van der Waals surface area contributed by atoms with Crippen molar-refractivity contribution in [2.45, 2.75) is 64.8 Å². The second-order valence-electron chi connectivity index (χ2n) is 7.46. The number of carbonyl (C=O) groups excluding carboxylic acids is 1. The first-order chi connectivity index (χ1) is 10.9. The molecule has 0 aliphatic heterocycles. The number of benzene rings is 1. The van der Waals surface area contributed by atoms with Crippen LogP contribution in [0.25, 0.3) is 0 Å². The van der Waals surface area contributed by atoms with Crippen LogP contribution in [0, 0.1) is 5.41 Å². The summed E-state index contributed by atoms with van der Waals surface area (Å²) in [5, 5.41) is 13.0. The van der Waals surface area contributed by atoms with Crippen LogP contribution in [0.3, 0.4) is 0 Å². The minimum Gasteiger partial charge on any atom is -0.391 e. The SMILES string of the molecule is CC(C)(C)C(O)CNC(=O)C(OC1CCCC1)c1ccccc1. The van der Waals surface area contributed by atoms with E-state index >= 15 is 0 Å². The maximum absolute atomic E-state index is 12.6. The van der Waals surface area contributed by atoms with Crippen LogP contribution >= 0.6 is 0 Å². The second kappa shape index (κ2) is 7.93. The van der Waals surface area contributed by atoms with Crippen LogP contribution < -0.4 is 5.32 Å². The summed E-state index contributed by atoms with van der Waals surface area (Å²) >= 11 is 0. The van der Waals surface area contributed by atoms with Gasteiger partial charge in [-0.1, -0.05) is 63.9 Å². The predicted molar refractivity (Wildman–Crippen MR) is 91.0 cm³/mol. The van der Waals surface area contributed by atoms with Gasteiger partial charge < -0.3 is 15.2 Å². The predicted octanol–water partition coefficient (Wildman–Crippen LogP) is 3.21. The van der Waals surface area contributed by atoms with E-state index in [0.29, 0.717) is 0 Å². The zero-order valence-electron chi connectivity index (χ0n) is 14.4. The molecule has 2 rings (SSSR count). The summed E-state index contributed by atoms with van der Waals surface area (Å²) in [4.78, 5) is 12.6. The van der Waals surface area contributed by atoms with E-state index in [1.54, 1.807) is 0 Å². The number of nitrogens with one attached hydrogen (secondary N) is 1. The fourth-order valence-corrected chi connectivity index (χ4v) is 2.73. The number of carbonyl (C=O) groups is 1. The molecule has 2 atom stereocenters. The van der Waals surface area contributed by atoms with Crippen molar-refractivity contribution in [1.29, 1.82) is 0 Å². The van der Waals surface area contributed by atoms with Gasteiger partial charge in [-0.05, 0) is 23.8 Å². The van der Waals surface area contributed by atoms with Crippen LogP contribution in [0.1, 0.15) is 58.1 Å². The van der Waals surface area contributed by atoms with Crippen LogP contribution in [-0.4, -0.2) is 29.8 Å². The van der Waals surface area contributed by atoms with Gasteiger partial charge in [0.25, 0.3) is 5.91 Å². The lowest BCUT2D eigenvalue weighted by Crippen LogP contribution is -2.41. The molecule has 0 heterocycles. The Balaban J connectivity index is 2.02. The minimum atomic E-state index is -0.605. The number of aliphatic hydroxyl groups is 1. The number of ether oxygens (including phenoxy) is 1. The molecule has 23 heavy (non-hydrogen) atoms. The van der Waals surface area contributed by atoms with Gasteiger partial charge in [-0.25, -0.2) is 0 Å². The van der Waals surface area contributed by atoms with Gasteiger partial charge in [0.05, 0.1) is 12.2 Å². The monoisotopic (exact) mass is 319 g/mol. The van der Waals surface area contributed by atoms with Crippen LogP contribution in [0.4, 0.5) is 0 Å². The van der Waals surface area contributed by atoms with Gasteiger partial charge in [0, 0.05) is 6.54 Å². The van der Waals surface area contributed by atoms with Gasteiger partial charge in [0.1, 0.15) is 0 Å². The Morgan fingerprint density at radius 2 is 1.87 bits per heavy atom. The molecule has 1 saturated carbocycles. The summed E-state index contributed by atoms with van der Waals surface area (Å²) < 4.78 is 6.08. The average molecular weight is 319 g/mol. The lowest BCUT2D eigenvalue weighted by atomic mass is 9.89. The summed E-state index contributed by atoms with van der Waals surface area (Å²) in [6.45, 7) is 6.09. The number of hydrogen-bond acceptors (Lipinski definition) is 3. The summed E-state index contributed by atoms with van der Waals surface area (Å²) in [6, 6.07) is 9.59. The Bertz CT molecular complexity index is 489. The molecule has 2 N–H and O–H groups in total. The fourth-order valence-electron chi connectivity index (χ4n) is 2.73. The van der Waals surface area contributed by atoms with E-state index in [9.17, 15) is 9.90 Å². The molecule has 2 unspecified atom stereocenters. The van der Waals surface area contributed by atoms with E-state index in [1.807, 2.05) is 51.1 Å². The van der Waals surface area contributed by atoms with Gasteiger partial charge >= 0.3 is 0 Å². The molecule has 4 nitrogen and oxygen atoms in total. The highest BCUT2D eigenvalue weighted by Gasteiger charge is 2.29. The molecule has 0 bridgehead atoms. The van der Waals surface area contributed by atoms with Crippen LogP contribution in [0.5, 0.6) is 0 Å². The van der Waals surface area contributed by atoms with Crippen molar-refractivity contribution in [3.63, 3.8) is 0 Å². The highest BCUT2D eigenvalue weighted by atomic mass is 16.5. The Kier molecular flexibility index (Phi) is 6.19. The third-order valence-electron chi connectivity index (χ3n) is 4.44. The molecule has 0 spiro atoms. The molecule has 1 aromatic carbocycles. The first kappa shape index (κ1) is 18.0. The zero-order chi connectivity index (χ0) is 16.9. The van der Waals surface area contributed by atoms with Gasteiger partial charge in [0.15, 0.2) is 6.10 Å². The Labute approximate surface area is 139 Å². The van der Waals surface area contributed by atoms with Crippen LogP contribution in [0.2, 0.25) is 0 Å². The molecule has 1 amide bonds. The fraction of sp³-hybridized carbons (Fsp3) is 0.632. The first-order valence-electron chi connectivity index (χ1n) is 8.54. The van der Waals surface area contributed by atoms with Gasteiger partial charge in [0.2, 0.25) is 0 Å². The Morgan fingerprint density at radius 1 is 1.26 bits per heavy atom. The van der Waals surface area contributed by atoms with Gasteiger partial charge in [-0.15, -0.1) is 0 Å². The number of hydrogen-bond donors (Lipinski definition) is 2. The minimum absolute atomic E-state index is 0.151. The Hall–Kier alpha value is -1.39. The van der Waals surface area contributed by atoms with Crippen LogP contribution in [0.15, 0.2) is 30.3 Å². The largest absolute Gasteiger partial charge is 0.391 e. The third-order valence-corrected chi connectivity index (χ3v) is 4.44. The summed E-state index contributed by atoms with van der Waals surface area (Å²) in [5.74, 6) is -0.175. The zero-order valence-corrected chi connectivity index (χ0v) is 14.4. The maximum atomic E-state index is 12.6. The van der Waals surface area contributed by atoms with E-state index in [4.69, 9.17) is 4.74 Å². The van der Waals surface area contributed by atoms with Gasteiger partial charge in [-0.3, -0.25) is 4.79 Å². The van der Waals surface area contributed by atoms with Crippen molar-refractivity contribution < 1.29 is 14.6 Å². The summed E-state index contributed by atoms with van der Waals surface area (Å²) in [5.41, 5.74) is 0.601. The third kappa shape index (κ3) is 5.33. The topological polar surface area (TPSA) is 58.6 Å². The van der Waals surface area contributed by atoms with E-state index in [-0.39, 0.29) is 24.0 Å². The molecule has 4 heteroatoms. The number of rotatable bonds is 6. The van der Waals surface area contributed by atoms with Crippen molar-refractivity contribution in [1.82, 2.24) is 5.32 Å². The van der Waals surface area contributed by atoms with E-state index < -0.39 is 12.2 Å². The number of amides is 1. The molecule has 1 aliphatic carbocycles. The average Bonchev–Trinajstić information content (AvgIpc) is 3.03. The normalized spacial score (nSPS) is 18.6. The maximum Gasteiger partial charge on any atom is 0.253 e. The molecule has 1 fully saturated rings. The van der Waals surface area contributed by atoms with Crippen molar-refractivity contribution in [3.8, 4) is 0 Å². The van der Waals surface area contributed by atoms with Crippen molar-refractivity contribution in [2.24, 2.45) is 5.41 Å². The molecular formula is C19H29NO3. The Morgan fingerprint density at radius 3 is 2.43 bits per heavy atom. The molecule has 128 valence electrons. The highest BCUT2D eigenvalue weighted by Crippen LogP contribution is 2.28. The second-order valence-corrected chi connectivity index (χ2v) is 7.46.